The van der Waals surface area contributed by atoms with Gasteiger partial charge in [-0.1, -0.05) is 0 Å². The van der Waals surface area contributed by atoms with Crippen molar-refractivity contribution in [1.82, 2.24) is 14.9 Å². The predicted molar refractivity (Wildman–Crippen MR) is 67.4 cm³/mol. The van der Waals surface area contributed by atoms with Crippen LogP contribution in [0.3, 0.4) is 0 Å². The van der Waals surface area contributed by atoms with E-state index in [2.05, 4.69) is 15.6 Å². The van der Waals surface area contributed by atoms with Crippen LogP contribution in [-0.2, 0) is 16.4 Å². The number of carbonyl (C=O) groups excluding carboxylic acids is 1. The van der Waals surface area contributed by atoms with E-state index in [9.17, 15) is 13.2 Å². The summed E-state index contributed by atoms with van der Waals surface area (Å²) in [7, 11) is -3.06. The Bertz CT molecular complexity index is 526. The number of amides is 1. The molecule has 2 N–H and O–H groups in total. The van der Waals surface area contributed by atoms with Crippen molar-refractivity contribution in [1.29, 1.82) is 0 Å². The summed E-state index contributed by atoms with van der Waals surface area (Å²) in [4.78, 5) is 15.9. The zero-order chi connectivity index (χ0) is 13.2. The van der Waals surface area contributed by atoms with Crippen LogP contribution >= 0.6 is 0 Å². The number of nitrogens with zero attached hydrogens (tertiary/aromatic N) is 2. The molecule has 1 aromatic heterocycles. The van der Waals surface area contributed by atoms with Gasteiger partial charge in [0.15, 0.2) is 0 Å². The molecule has 0 atom stereocenters. The molecule has 18 heavy (non-hydrogen) atoms. The van der Waals surface area contributed by atoms with Gasteiger partial charge in [0.05, 0.1) is 5.75 Å². The molecular formula is C10H16N4O3S. The number of fused-ring (bicyclic) bond motifs is 1. The van der Waals surface area contributed by atoms with Crippen LogP contribution in [0.25, 0.3) is 0 Å². The number of hydrogen-bond acceptors (Lipinski definition) is 5. The maximum Gasteiger partial charge on any atom is 0.271 e. The summed E-state index contributed by atoms with van der Waals surface area (Å²) in [5, 5.41) is 5.64. The Balaban J connectivity index is 1.95. The zero-order valence-electron chi connectivity index (χ0n) is 10.1. The third kappa shape index (κ3) is 3.22. The van der Waals surface area contributed by atoms with Gasteiger partial charge in [0.2, 0.25) is 5.95 Å². The Hall–Kier alpha value is -1.57. The van der Waals surface area contributed by atoms with Gasteiger partial charge in [-0.3, -0.25) is 4.79 Å². The van der Waals surface area contributed by atoms with Gasteiger partial charge < -0.3 is 15.2 Å². The van der Waals surface area contributed by atoms with Gasteiger partial charge in [0.25, 0.3) is 5.91 Å². The largest absolute Gasteiger partial charge is 0.356 e. The van der Waals surface area contributed by atoms with Crippen molar-refractivity contribution >= 4 is 21.7 Å². The fourth-order valence-corrected chi connectivity index (χ4v) is 2.20. The van der Waals surface area contributed by atoms with Crippen LogP contribution < -0.4 is 10.6 Å². The lowest BCUT2D eigenvalue weighted by molar-refractivity contribution is 0.0951. The van der Waals surface area contributed by atoms with Crippen molar-refractivity contribution in [2.45, 2.75) is 13.0 Å². The fourth-order valence-electron chi connectivity index (χ4n) is 1.73. The van der Waals surface area contributed by atoms with Crippen molar-refractivity contribution in [3.63, 3.8) is 0 Å². The molecule has 0 spiro atoms. The van der Waals surface area contributed by atoms with Gasteiger partial charge in [0, 0.05) is 32.1 Å². The van der Waals surface area contributed by atoms with Crippen LogP contribution in [-0.4, -0.2) is 49.0 Å². The SMILES string of the molecule is CS(=O)(=O)CCNC(=O)c1cn2c(n1)NCCC2. The van der Waals surface area contributed by atoms with E-state index < -0.39 is 9.84 Å². The number of imidazole rings is 1. The smallest absolute Gasteiger partial charge is 0.271 e. The van der Waals surface area contributed by atoms with Crippen molar-refractivity contribution in [2.24, 2.45) is 0 Å². The van der Waals surface area contributed by atoms with Crippen molar-refractivity contribution in [3.05, 3.63) is 11.9 Å². The molecule has 0 unspecified atom stereocenters. The summed E-state index contributed by atoms with van der Waals surface area (Å²) >= 11 is 0. The average Bonchev–Trinajstić information content (AvgIpc) is 2.70. The second kappa shape index (κ2) is 4.97. The number of aryl methyl sites for hydroxylation is 1. The second-order valence-electron chi connectivity index (χ2n) is 4.31. The summed E-state index contributed by atoms with van der Waals surface area (Å²) in [5.74, 6) is 0.279. The first-order chi connectivity index (χ1) is 8.46. The normalized spacial score (nSPS) is 14.7. The number of carbonyl (C=O) groups is 1. The maximum atomic E-state index is 11.7. The predicted octanol–water partition coefficient (Wildman–Crippen LogP) is -0.527. The Kier molecular flexibility index (Phi) is 3.55. The van der Waals surface area contributed by atoms with Crippen LogP contribution in [0.1, 0.15) is 16.9 Å². The monoisotopic (exact) mass is 272 g/mol. The molecule has 0 saturated carbocycles. The highest BCUT2D eigenvalue weighted by molar-refractivity contribution is 7.90. The highest BCUT2D eigenvalue weighted by Gasteiger charge is 2.16. The van der Waals surface area contributed by atoms with Crippen molar-refractivity contribution < 1.29 is 13.2 Å². The lowest BCUT2D eigenvalue weighted by Crippen LogP contribution is -2.29. The van der Waals surface area contributed by atoms with Gasteiger partial charge in [-0.2, -0.15) is 0 Å². The van der Waals surface area contributed by atoms with Crippen molar-refractivity contribution in [3.8, 4) is 0 Å². The molecule has 1 aromatic rings. The van der Waals surface area contributed by atoms with Crippen LogP contribution in [0.2, 0.25) is 0 Å². The molecule has 0 saturated heterocycles. The lowest BCUT2D eigenvalue weighted by Gasteiger charge is -2.14. The summed E-state index contributed by atoms with van der Waals surface area (Å²) in [5.41, 5.74) is 0.313. The first-order valence-corrected chi connectivity index (χ1v) is 7.79. The highest BCUT2D eigenvalue weighted by Crippen LogP contribution is 2.13. The molecule has 1 aliphatic rings. The van der Waals surface area contributed by atoms with E-state index in [1.54, 1.807) is 6.20 Å². The number of aromatic nitrogens is 2. The molecule has 7 nitrogen and oxygen atoms in total. The number of hydrogen-bond donors (Lipinski definition) is 2. The first kappa shape index (κ1) is 12.9. The standard InChI is InChI=1S/C10H16N4O3S/c1-18(16,17)6-4-11-9(15)8-7-14-5-2-3-12-10(14)13-8/h7H,2-6H2,1H3,(H,11,15)(H,12,13). The van der Waals surface area contributed by atoms with Gasteiger partial charge in [-0.15, -0.1) is 0 Å². The van der Waals surface area contributed by atoms with E-state index in [-0.39, 0.29) is 18.2 Å². The minimum atomic E-state index is -3.06. The molecule has 0 radical (unpaired) electrons. The Morgan fingerprint density at radius 2 is 2.39 bits per heavy atom. The molecule has 0 aliphatic carbocycles. The van der Waals surface area contributed by atoms with Crippen LogP contribution in [0.15, 0.2) is 6.20 Å². The van der Waals surface area contributed by atoms with E-state index in [0.717, 1.165) is 25.8 Å². The molecule has 0 bridgehead atoms. The molecule has 1 aliphatic heterocycles. The van der Waals surface area contributed by atoms with Crippen LogP contribution in [0.5, 0.6) is 0 Å². The summed E-state index contributed by atoms with van der Waals surface area (Å²) in [6.45, 7) is 1.80. The number of sulfone groups is 1. The molecule has 8 heteroatoms. The Labute approximate surface area is 106 Å². The summed E-state index contributed by atoms with van der Waals surface area (Å²) < 4.78 is 23.7. The topological polar surface area (TPSA) is 93.1 Å². The van der Waals surface area contributed by atoms with E-state index in [4.69, 9.17) is 0 Å². The minimum Gasteiger partial charge on any atom is -0.356 e. The summed E-state index contributed by atoms with van der Waals surface area (Å²) in [6.07, 6.45) is 3.81. The van der Waals surface area contributed by atoms with E-state index in [1.807, 2.05) is 4.57 Å². The first-order valence-electron chi connectivity index (χ1n) is 5.73. The fraction of sp³-hybridized carbons (Fsp3) is 0.600. The second-order valence-corrected chi connectivity index (χ2v) is 6.57. The molecule has 0 fully saturated rings. The number of anilines is 1. The Morgan fingerprint density at radius 3 is 3.06 bits per heavy atom. The molecule has 2 heterocycles. The average molecular weight is 272 g/mol. The van der Waals surface area contributed by atoms with Gasteiger partial charge in [-0.25, -0.2) is 13.4 Å². The van der Waals surface area contributed by atoms with E-state index in [0.29, 0.717) is 11.6 Å². The van der Waals surface area contributed by atoms with Gasteiger partial charge in [-0.05, 0) is 6.42 Å². The lowest BCUT2D eigenvalue weighted by atomic mass is 10.4. The maximum absolute atomic E-state index is 11.7. The molecular weight excluding hydrogens is 256 g/mol. The van der Waals surface area contributed by atoms with E-state index in [1.165, 1.54) is 0 Å². The molecule has 1 amide bonds. The minimum absolute atomic E-state index is 0.0649. The third-order valence-corrected chi connectivity index (χ3v) is 3.57. The van der Waals surface area contributed by atoms with Crippen LogP contribution in [0, 0.1) is 0 Å². The Morgan fingerprint density at radius 1 is 1.61 bits per heavy atom. The quantitative estimate of drug-likeness (QED) is 0.769. The highest BCUT2D eigenvalue weighted by atomic mass is 32.2. The van der Waals surface area contributed by atoms with Crippen LogP contribution in [0.4, 0.5) is 5.95 Å². The number of rotatable bonds is 4. The zero-order valence-corrected chi connectivity index (χ0v) is 11.0. The van der Waals surface area contributed by atoms with Gasteiger partial charge in [0.1, 0.15) is 15.5 Å². The van der Waals surface area contributed by atoms with Crippen molar-refractivity contribution in [2.75, 3.05) is 30.4 Å². The molecule has 2 rings (SSSR count). The van der Waals surface area contributed by atoms with E-state index >= 15 is 0 Å². The third-order valence-electron chi connectivity index (χ3n) is 2.63. The van der Waals surface area contributed by atoms with Gasteiger partial charge >= 0.3 is 0 Å². The molecule has 0 aromatic carbocycles. The molecule has 100 valence electrons. The number of nitrogens with one attached hydrogen (secondary N) is 2. The summed E-state index contributed by atoms with van der Waals surface area (Å²) in [6, 6.07) is 0.